The van der Waals surface area contributed by atoms with Crippen LogP contribution >= 0.6 is 0 Å². The highest BCUT2D eigenvalue weighted by atomic mass is 19.1. The van der Waals surface area contributed by atoms with Crippen molar-refractivity contribution >= 4 is 5.82 Å². The molecule has 0 radical (unpaired) electrons. The van der Waals surface area contributed by atoms with Crippen LogP contribution in [0.25, 0.3) is 22.5 Å². The van der Waals surface area contributed by atoms with Gasteiger partial charge in [-0.05, 0) is 29.8 Å². The third kappa shape index (κ3) is 2.01. The van der Waals surface area contributed by atoms with E-state index in [1.807, 2.05) is 0 Å². The number of hydrogen-bond acceptors (Lipinski definition) is 4. The fourth-order valence-electron chi connectivity index (χ4n) is 1.96. The Morgan fingerprint density at radius 2 is 1.80 bits per heavy atom. The summed E-state index contributed by atoms with van der Waals surface area (Å²) in [4.78, 5) is 3.90. The van der Waals surface area contributed by atoms with Gasteiger partial charge < -0.3 is 10.3 Å². The van der Waals surface area contributed by atoms with Crippen molar-refractivity contribution in [2.75, 3.05) is 5.73 Å². The van der Waals surface area contributed by atoms with Crippen molar-refractivity contribution in [1.29, 1.82) is 0 Å². The second kappa shape index (κ2) is 4.73. The van der Waals surface area contributed by atoms with E-state index in [1.54, 1.807) is 24.5 Å². The first-order valence-electron chi connectivity index (χ1n) is 5.78. The molecule has 0 bridgehead atoms. The van der Waals surface area contributed by atoms with Crippen LogP contribution in [-0.2, 0) is 0 Å². The molecular weight excluding hydrogens is 264 g/mol. The Labute approximate surface area is 112 Å². The van der Waals surface area contributed by atoms with E-state index < -0.39 is 11.6 Å². The molecular formula is C14H9F2N3O. The zero-order valence-corrected chi connectivity index (χ0v) is 10.2. The molecule has 0 amide bonds. The zero-order valence-electron chi connectivity index (χ0n) is 10.2. The average Bonchev–Trinajstić information content (AvgIpc) is 2.81. The molecule has 1 aromatic carbocycles. The zero-order chi connectivity index (χ0) is 14.1. The van der Waals surface area contributed by atoms with Crippen LogP contribution in [0.3, 0.4) is 0 Å². The van der Waals surface area contributed by atoms with E-state index in [0.29, 0.717) is 11.1 Å². The molecule has 100 valence electrons. The van der Waals surface area contributed by atoms with E-state index in [2.05, 4.69) is 10.1 Å². The van der Waals surface area contributed by atoms with Gasteiger partial charge in [0.05, 0.1) is 11.1 Å². The fourth-order valence-corrected chi connectivity index (χ4v) is 1.96. The van der Waals surface area contributed by atoms with Gasteiger partial charge in [-0.2, -0.15) is 0 Å². The Hall–Kier alpha value is -2.76. The van der Waals surface area contributed by atoms with E-state index in [9.17, 15) is 8.78 Å². The maximum absolute atomic E-state index is 13.9. The molecule has 20 heavy (non-hydrogen) atoms. The molecule has 0 unspecified atom stereocenters. The van der Waals surface area contributed by atoms with Crippen LogP contribution in [0.4, 0.5) is 14.6 Å². The summed E-state index contributed by atoms with van der Waals surface area (Å²) >= 11 is 0. The van der Waals surface area contributed by atoms with Gasteiger partial charge in [-0.1, -0.05) is 5.16 Å². The molecule has 2 aromatic heterocycles. The quantitative estimate of drug-likeness (QED) is 0.778. The number of aromatic nitrogens is 2. The minimum absolute atomic E-state index is 0.0995. The Morgan fingerprint density at radius 3 is 2.50 bits per heavy atom. The van der Waals surface area contributed by atoms with Crippen molar-refractivity contribution in [2.45, 2.75) is 0 Å². The number of anilines is 1. The monoisotopic (exact) mass is 273 g/mol. The summed E-state index contributed by atoms with van der Waals surface area (Å²) in [6.45, 7) is 0. The average molecular weight is 273 g/mol. The van der Waals surface area contributed by atoms with Crippen LogP contribution in [0, 0.1) is 11.6 Å². The summed E-state index contributed by atoms with van der Waals surface area (Å²) in [5.41, 5.74) is 7.02. The number of hydrogen-bond donors (Lipinski definition) is 1. The van der Waals surface area contributed by atoms with E-state index in [0.717, 1.165) is 12.1 Å². The lowest BCUT2D eigenvalue weighted by atomic mass is 10.0. The summed E-state index contributed by atoms with van der Waals surface area (Å²) in [5, 5.41) is 3.65. The van der Waals surface area contributed by atoms with E-state index in [1.165, 1.54) is 6.07 Å². The summed E-state index contributed by atoms with van der Waals surface area (Å²) < 4.78 is 31.9. The maximum atomic E-state index is 13.9. The van der Waals surface area contributed by atoms with Gasteiger partial charge in [-0.25, -0.2) is 8.78 Å². The highest BCUT2D eigenvalue weighted by Crippen LogP contribution is 2.37. The molecule has 3 rings (SSSR count). The number of nitrogens with zero attached hydrogens (tertiary/aromatic N) is 2. The molecule has 0 fully saturated rings. The minimum atomic E-state index is -0.739. The largest absolute Gasteiger partial charge is 0.380 e. The highest BCUT2D eigenvalue weighted by molar-refractivity contribution is 5.86. The van der Waals surface area contributed by atoms with Crippen molar-refractivity contribution in [2.24, 2.45) is 0 Å². The molecule has 0 aliphatic rings. The molecule has 0 aliphatic heterocycles. The van der Waals surface area contributed by atoms with Gasteiger partial charge in [0.2, 0.25) is 0 Å². The van der Waals surface area contributed by atoms with Crippen molar-refractivity contribution in [3.63, 3.8) is 0 Å². The second-order valence-electron chi connectivity index (χ2n) is 4.13. The van der Waals surface area contributed by atoms with Crippen molar-refractivity contribution in [1.82, 2.24) is 10.1 Å². The van der Waals surface area contributed by atoms with E-state index in [4.69, 9.17) is 10.3 Å². The van der Waals surface area contributed by atoms with E-state index >= 15 is 0 Å². The van der Waals surface area contributed by atoms with Gasteiger partial charge in [0.1, 0.15) is 11.6 Å². The normalized spacial score (nSPS) is 10.7. The van der Waals surface area contributed by atoms with Crippen LogP contribution in [0.1, 0.15) is 0 Å². The lowest BCUT2D eigenvalue weighted by Gasteiger charge is -2.03. The molecule has 2 N–H and O–H groups in total. The molecule has 6 heteroatoms. The van der Waals surface area contributed by atoms with E-state index in [-0.39, 0.29) is 17.1 Å². The van der Waals surface area contributed by atoms with Crippen molar-refractivity contribution in [3.8, 4) is 22.5 Å². The number of pyridine rings is 1. The summed E-state index contributed by atoms with van der Waals surface area (Å²) in [6, 6.07) is 6.62. The Morgan fingerprint density at radius 1 is 1.05 bits per heavy atom. The maximum Gasteiger partial charge on any atom is 0.179 e. The molecule has 4 nitrogen and oxygen atoms in total. The predicted molar refractivity (Wildman–Crippen MR) is 69.5 cm³/mol. The number of benzene rings is 1. The Bertz CT molecular complexity index is 756. The van der Waals surface area contributed by atoms with Crippen LogP contribution in [0.5, 0.6) is 0 Å². The molecule has 0 saturated carbocycles. The van der Waals surface area contributed by atoms with Crippen LogP contribution in [0.15, 0.2) is 47.2 Å². The summed E-state index contributed by atoms with van der Waals surface area (Å²) in [6.07, 6.45) is 3.15. The number of rotatable bonds is 2. The molecule has 0 spiro atoms. The highest BCUT2D eigenvalue weighted by Gasteiger charge is 2.20. The standard InChI is InChI=1S/C14H9F2N3O/c15-9-1-2-10(11(16)7-9)13-12(14(17)19-20-13)8-3-5-18-6-4-8/h1-7H,(H2,17,19). The third-order valence-electron chi connectivity index (χ3n) is 2.86. The lowest BCUT2D eigenvalue weighted by Crippen LogP contribution is -1.91. The van der Waals surface area contributed by atoms with Gasteiger partial charge in [-0.3, -0.25) is 4.98 Å². The van der Waals surface area contributed by atoms with Crippen LogP contribution in [-0.4, -0.2) is 10.1 Å². The Kier molecular flexibility index (Phi) is 2.90. The van der Waals surface area contributed by atoms with Crippen molar-refractivity contribution in [3.05, 3.63) is 54.4 Å². The number of nitrogen functional groups attached to an aromatic ring is 1. The smallest absolute Gasteiger partial charge is 0.179 e. The molecule has 0 atom stereocenters. The van der Waals surface area contributed by atoms with Crippen molar-refractivity contribution < 1.29 is 13.3 Å². The second-order valence-corrected chi connectivity index (χ2v) is 4.13. The number of halogens is 2. The summed E-state index contributed by atoms with van der Waals surface area (Å²) in [7, 11) is 0. The molecule has 0 aliphatic carbocycles. The first-order valence-corrected chi connectivity index (χ1v) is 5.78. The van der Waals surface area contributed by atoms with Gasteiger partial charge in [0.25, 0.3) is 0 Å². The van der Waals surface area contributed by atoms with Crippen LogP contribution < -0.4 is 5.73 Å². The number of nitrogens with two attached hydrogens (primary N) is 1. The lowest BCUT2D eigenvalue weighted by molar-refractivity contribution is 0.433. The molecule has 3 aromatic rings. The fraction of sp³-hybridized carbons (Fsp3) is 0. The first-order chi connectivity index (χ1) is 9.66. The topological polar surface area (TPSA) is 64.9 Å². The van der Waals surface area contributed by atoms with Crippen LogP contribution in [0.2, 0.25) is 0 Å². The molecule has 2 heterocycles. The molecule has 0 saturated heterocycles. The minimum Gasteiger partial charge on any atom is -0.380 e. The van der Waals surface area contributed by atoms with Gasteiger partial charge in [-0.15, -0.1) is 0 Å². The summed E-state index contributed by atoms with van der Waals surface area (Å²) in [5.74, 6) is -1.11. The Balaban J connectivity index is 2.21. The van der Waals surface area contributed by atoms with Gasteiger partial charge in [0, 0.05) is 18.5 Å². The first kappa shape index (κ1) is 12.3. The SMILES string of the molecule is Nc1noc(-c2ccc(F)cc2F)c1-c1ccncc1. The van der Waals surface area contributed by atoms with Gasteiger partial charge >= 0.3 is 0 Å². The third-order valence-corrected chi connectivity index (χ3v) is 2.86. The predicted octanol–water partition coefficient (Wildman–Crippen LogP) is 3.26. The van der Waals surface area contributed by atoms with Gasteiger partial charge in [0.15, 0.2) is 11.6 Å².